The van der Waals surface area contributed by atoms with Crippen LogP contribution in [0.25, 0.3) is 6.08 Å². The summed E-state index contributed by atoms with van der Waals surface area (Å²) in [5.74, 6) is -0.684. The summed E-state index contributed by atoms with van der Waals surface area (Å²) >= 11 is 6.67. The van der Waals surface area contributed by atoms with Gasteiger partial charge in [0.2, 0.25) is 0 Å². The van der Waals surface area contributed by atoms with E-state index in [2.05, 4.69) is 37.9 Å². The number of carbonyl (C=O) groups excluding carboxylic acids is 3. The van der Waals surface area contributed by atoms with Crippen molar-refractivity contribution in [2.24, 2.45) is 0 Å². The van der Waals surface area contributed by atoms with E-state index < -0.39 is 17.8 Å². The Morgan fingerprint density at radius 2 is 1.91 bits per heavy atom. The van der Waals surface area contributed by atoms with Crippen LogP contribution in [0.5, 0.6) is 5.75 Å². The van der Waals surface area contributed by atoms with Gasteiger partial charge in [0.1, 0.15) is 11.3 Å². The SMILES string of the molecule is CCOc1cccc(N2C(=O)NC(=O)/C(=C/c3cc4c(cc3Cl)N(CC)C(C)(C)CC4C)C2=O)c1. The van der Waals surface area contributed by atoms with Gasteiger partial charge in [-0.15, -0.1) is 0 Å². The van der Waals surface area contributed by atoms with Crippen molar-refractivity contribution in [2.45, 2.75) is 52.5 Å². The van der Waals surface area contributed by atoms with Crippen molar-refractivity contribution in [2.75, 3.05) is 23.0 Å². The second-order valence-corrected chi connectivity index (χ2v) is 9.89. The van der Waals surface area contributed by atoms with Gasteiger partial charge >= 0.3 is 6.03 Å². The van der Waals surface area contributed by atoms with E-state index in [1.165, 1.54) is 6.08 Å². The third-order valence-electron chi connectivity index (χ3n) is 6.61. The molecule has 184 valence electrons. The minimum atomic E-state index is -0.809. The number of hydrogen-bond acceptors (Lipinski definition) is 5. The van der Waals surface area contributed by atoms with Gasteiger partial charge in [0.15, 0.2) is 0 Å². The molecule has 2 aromatic carbocycles. The second-order valence-electron chi connectivity index (χ2n) is 9.48. The molecular formula is C27H30ClN3O4. The van der Waals surface area contributed by atoms with Crippen LogP contribution in [0.15, 0.2) is 42.0 Å². The van der Waals surface area contributed by atoms with E-state index in [4.69, 9.17) is 16.3 Å². The first kappa shape index (κ1) is 24.8. The molecule has 1 atom stereocenters. The number of ether oxygens (including phenoxy) is 1. The predicted molar refractivity (Wildman–Crippen MR) is 138 cm³/mol. The molecule has 4 rings (SSSR count). The van der Waals surface area contributed by atoms with E-state index in [0.717, 1.165) is 29.1 Å². The van der Waals surface area contributed by atoms with Crippen LogP contribution in [0.4, 0.5) is 16.2 Å². The molecule has 2 aliphatic rings. The molecule has 2 aliphatic heterocycles. The van der Waals surface area contributed by atoms with Gasteiger partial charge in [-0.2, -0.15) is 0 Å². The van der Waals surface area contributed by atoms with E-state index in [0.29, 0.717) is 28.6 Å². The molecule has 0 bridgehead atoms. The van der Waals surface area contributed by atoms with E-state index in [1.807, 2.05) is 19.1 Å². The Balaban J connectivity index is 1.76. The maximum absolute atomic E-state index is 13.4. The van der Waals surface area contributed by atoms with E-state index >= 15 is 0 Å². The fourth-order valence-corrected chi connectivity index (χ4v) is 5.37. The quantitative estimate of drug-likeness (QED) is 0.436. The number of anilines is 2. The zero-order valence-corrected chi connectivity index (χ0v) is 21.4. The molecule has 4 amide bonds. The summed E-state index contributed by atoms with van der Waals surface area (Å²) in [6, 6.07) is 9.66. The van der Waals surface area contributed by atoms with Crippen LogP contribution in [0, 0.1) is 0 Å². The van der Waals surface area contributed by atoms with Gasteiger partial charge in [-0.1, -0.05) is 24.6 Å². The van der Waals surface area contributed by atoms with E-state index in [1.54, 1.807) is 24.3 Å². The number of benzene rings is 2. The van der Waals surface area contributed by atoms with Crippen molar-refractivity contribution in [3.05, 3.63) is 58.1 Å². The summed E-state index contributed by atoms with van der Waals surface area (Å²) in [4.78, 5) is 41.9. The van der Waals surface area contributed by atoms with Crippen LogP contribution in [0.1, 0.15) is 58.1 Å². The number of barbiturate groups is 1. The summed E-state index contributed by atoms with van der Waals surface area (Å²) in [6.07, 6.45) is 2.43. The molecule has 1 N–H and O–H groups in total. The maximum Gasteiger partial charge on any atom is 0.335 e. The summed E-state index contributed by atoms with van der Waals surface area (Å²) in [5, 5.41) is 2.70. The molecule has 2 aromatic rings. The summed E-state index contributed by atoms with van der Waals surface area (Å²) in [5.41, 5.74) is 2.87. The Hall–Kier alpha value is -3.32. The summed E-state index contributed by atoms with van der Waals surface area (Å²) < 4.78 is 5.49. The molecule has 35 heavy (non-hydrogen) atoms. The van der Waals surface area contributed by atoms with Crippen molar-refractivity contribution in [1.29, 1.82) is 0 Å². The number of halogens is 1. The second kappa shape index (κ2) is 9.38. The first-order valence-corrected chi connectivity index (χ1v) is 12.2. The van der Waals surface area contributed by atoms with Crippen molar-refractivity contribution in [3.8, 4) is 5.75 Å². The number of urea groups is 1. The number of imide groups is 2. The van der Waals surface area contributed by atoms with Crippen molar-refractivity contribution < 1.29 is 19.1 Å². The molecule has 0 aromatic heterocycles. The van der Waals surface area contributed by atoms with Crippen molar-refractivity contribution in [1.82, 2.24) is 5.32 Å². The average molecular weight is 496 g/mol. The largest absolute Gasteiger partial charge is 0.494 e. The third kappa shape index (κ3) is 4.52. The standard InChI is InChI=1S/C27H30ClN3O4/c1-6-30-23-14-22(28)17(11-20(23)16(3)15-27(30,4)5)12-21-24(32)29-26(34)31(25(21)33)18-9-8-10-19(13-18)35-7-2/h8-14,16H,6-7,15H2,1-5H3,(H,29,32,34)/b21-12-. The van der Waals surface area contributed by atoms with Gasteiger partial charge in [0.05, 0.1) is 12.3 Å². The van der Waals surface area contributed by atoms with Gasteiger partial charge in [-0.3, -0.25) is 14.9 Å². The highest BCUT2D eigenvalue weighted by Crippen LogP contribution is 2.45. The molecule has 7 nitrogen and oxygen atoms in total. The topological polar surface area (TPSA) is 79.0 Å². The molecule has 2 heterocycles. The fourth-order valence-electron chi connectivity index (χ4n) is 5.16. The van der Waals surface area contributed by atoms with Gasteiger partial charge in [0.25, 0.3) is 11.8 Å². The van der Waals surface area contributed by atoms with Gasteiger partial charge < -0.3 is 9.64 Å². The van der Waals surface area contributed by atoms with Crippen LogP contribution in [-0.4, -0.2) is 36.5 Å². The predicted octanol–water partition coefficient (Wildman–Crippen LogP) is 5.52. The normalized spacial score (nSPS) is 20.7. The van der Waals surface area contributed by atoms with E-state index in [-0.39, 0.29) is 17.0 Å². The van der Waals surface area contributed by atoms with Crippen molar-refractivity contribution in [3.63, 3.8) is 0 Å². The highest BCUT2D eigenvalue weighted by molar-refractivity contribution is 6.40. The van der Waals surface area contributed by atoms with Gasteiger partial charge in [0, 0.05) is 28.9 Å². The first-order chi connectivity index (χ1) is 16.6. The number of nitrogens with one attached hydrogen (secondary N) is 1. The Labute approximate surface area is 210 Å². The van der Waals surface area contributed by atoms with Crippen LogP contribution >= 0.6 is 11.6 Å². The monoisotopic (exact) mass is 495 g/mol. The zero-order valence-electron chi connectivity index (χ0n) is 20.6. The fraction of sp³-hybridized carbons (Fsp3) is 0.370. The van der Waals surface area contributed by atoms with Crippen LogP contribution in [-0.2, 0) is 9.59 Å². The van der Waals surface area contributed by atoms with E-state index in [9.17, 15) is 14.4 Å². The number of fused-ring (bicyclic) bond motifs is 1. The Morgan fingerprint density at radius 3 is 2.60 bits per heavy atom. The van der Waals surface area contributed by atoms with Gasteiger partial charge in [-0.25, -0.2) is 9.69 Å². The Morgan fingerprint density at radius 1 is 1.17 bits per heavy atom. The molecule has 1 saturated heterocycles. The molecule has 0 saturated carbocycles. The smallest absolute Gasteiger partial charge is 0.335 e. The molecule has 1 unspecified atom stereocenters. The number of carbonyl (C=O) groups is 3. The summed E-state index contributed by atoms with van der Waals surface area (Å²) in [7, 11) is 0. The Kier molecular flexibility index (Phi) is 6.64. The molecular weight excluding hydrogens is 466 g/mol. The number of rotatable bonds is 5. The zero-order chi connectivity index (χ0) is 25.5. The Bertz CT molecular complexity index is 1240. The average Bonchev–Trinajstić information content (AvgIpc) is 2.77. The lowest BCUT2D eigenvalue weighted by molar-refractivity contribution is -0.122. The molecule has 0 radical (unpaired) electrons. The van der Waals surface area contributed by atoms with Crippen LogP contribution in [0.2, 0.25) is 5.02 Å². The van der Waals surface area contributed by atoms with Gasteiger partial charge in [-0.05, 0) is 81.5 Å². The molecule has 8 heteroatoms. The number of nitrogens with zero attached hydrogens (tertiary/aromatic N) is 2. The number of amides is 4. The maximum atomic E-state index is 13.4. The summed E-state index contributed by atoms with van der Waals surface area (Å²) in [6.45, 7) is 11.8. The first-order valence-electron chi connectivity index (χ1n) is 11.8. The number of hydrogen-bond donors (Lipinski definition) is 1. The lowest BCUT2D eigenvalue weighted by Gasteiger charge is -2.47. The molecule has 0 aliphatic carbocycles. The molecule has 1 fully saturated rings. The lowest BCUT2D eigenvalue weighted by atomic mass is 9.79. The van der Waals surface area contributed by atoms with Crippen LogP contribution in [0.3, 0.4) is 0 Å². The minimum Gasteiger partial charge on any atom is -0.494 e. The van der Waals surface area contributed by atoms with Crippen molar-refractivity contribution >= 4 is 46.9 Å². The highest BCUT2D eigenvalue weighted by Gasteiger charge is 2.38. The molecule has 0 spiro atoms. The highest BCUT2D eigenvalue weighted by atomic mass is 35.5. The lowest BCUT2D eigenvalue weighted by Crippen LogP contribution is -2.54. The van der Waals surface area contributed by atoms with Crippen LogP contribution < -0.4 is 19.9 Å². The third-order valence-corrected chi connectivity index (χ3v) is 6.94. The minimum absolute atomic E-state index is 0.0133.